The largest absolute Gasteiger partial charge is 0.463 e. The Bertz CT molecular complexity index is 2710. The summed E-state index contributed by atoms with van der Waals surface area (Å²) in [5, 5.41) is 19.1. The molecular formula is C47H58N16O17. The van der Waals surface area contributed by atoms with Crippen molar-refractivity contribution in [3.05, 3.63) is 124 Å². The van der Waals surface area contributed by atoms with Gasteiger partial charge in [-0.2, -0.15) is 0 Å². The van der Waals surface area contributed by atoms with Crippen molar-refractivity contribution in [2.75, 3.05) is 26.8 Å². The van der Waals surface area contributed by atoms with Crippen molar-refractivity contribution in [1.82, 2.24) is 4.90 Å². The quantitative estimate of drug-likeness (QED) is 0.0345. The maximum atomic E-state index is 13.8. The summed E-state index contributed by atoms with van der Waals surface area (Å²) < 4.78 is 72.6. The summed E-state index contributed by atoms with van der Waals surface area (Å²) in [6.07, 6.45) is -20.3. The Hall–Kier alpha value is -8.14. The molecule has 0 spiro atoms. The maximum absolute atomic E-state index is 13.8. The van der Waals surface area contributed by atoms with Crippen LogP contribution < -0.4 is 0 Å². The molecule has 0 bridgehead atoms. The fourth-order valence-electron chi connectivity index (χ4n) is 9.64. The predicted molar refractivity (Wildman–Crippen MR) is 268 cm³/mol. The van der Waals surface area contributed by atoms with Crippen LogP contribution in [0.5, 0.6) is 0 Å². The number of benzene rings is 2. The molecule has 6 rings (SSSR count). The van der Waals surface area contributed by atoms with Gasteiger partial charge in [-0.25, -0.2) is 4.79 Å². The lowest BCUT2D eigenvalue weighted by molar-refractivity contribution is -0.293. The predicted octanol–water partition coefficient (Wildman–Crippen LogP) is 6.74. The lowest BCUT2D eigenvalue weighted by Crippen LogP contribution is -2.62. The minimum atomic E-state index is -1.85. The number of ether oxygens (including phenoxy) is 12. The van der Waals surface area contributed by atoms with Gasteiger partial charge < -0.3 is 61.7 Å². The second-order valence-electron chi connectivity index (χ2n) is 18.4. The van der Waals surface area contributed by atoms with E-state index in [1.165, 1.54) is 12.0 Å². The number of azide groups is 5. The normalized spacial score (nSPS) is 30.6. The first-order valence-corrected chi connectivity index (χ1v) is 24.9. The van der Waals surface area contributed by atoms with E-state index < -0.39 is 147 Å². The molecule has 1 amide bonds. The zero-order valence-electron chi connectivity index (χ0n) is 43.8. The van der Waals surface area contributed by atoms with Gasteiger partial charge in [0, 0.05) is 65.9 Å². The Morgan fingerprint density at radius 3 is 1.73 bits per heavy atom. The topological polar surface area (TPSA) is 443 Å². The van der Waals surface area contributed by atoms with E-state index in [1.807, 2.05) is 60.7 Å². The van der Waals surface area contributed by atoms with Crippen molar-refractivity contribution in [2.24, 2.45) is 25.6 Å². The van der Waals surface area contributed by atoms with Crippen LogP contribution in [-0.2, 0) is 89.2 Å². The summed E-state index contributed by atoms with van der Waals surface area (Å²) in [7, 11) is 1.25. The Morgan fingerprint density at radius 2 is 1.12 bits per heavy atom. The van der Waals surface area contributed by atoms with Crippen molar-refractivity contribution >= 4 is 30.0 Å². The number of nitrogens with zero attached hydrogens (tertiary/aromatic N) is 16. The zero-order chi connectivity index (χ0) is 57.7. The van der Waals surface area contributed by atoms with E-state index in [0.717, 1.165) is 38.8 Å². The molecule has 0 aromatic heterocycles. The number of amides is 1. The van der Waals surface area contributed by atoms with Crippen LogP contribution in [0.3, 0.4) is 0 Å². The van der Waals surface area contributed by atoms with Gasteiger partial charge in [-0.15, -0.1) is 0 Å². The fraction of sp³-hybridized carbons (Fsp3) is 0.638. The SMILES string of the molecule is CO[C@@H]1[C@@H](O[C@@H]2O[C@H](COC(C)=O)[C@@H](O[C@H]3O[C@@H](CN=[N+]=[N-])[C@@H](OC(C)=O)[C@H](OC(C)=O)[C@H]3N=[N+]=[N-])[C@H]2OC(C)=O)[C@H](O[C@H]2O[C@H](CN(Cc3ccccc3)C(=O)OCc3ccccc3)CC[C@H]2N=[N+]=[N-])[C@@H](N=[N+]=[N-])C[C@H]1N=[N+]=[N-]. The van der Waals surface area contributed by atoms with Crippen molar-refractivity contribution in [3.8, 4) is 0 Å². The van der Waals surface area contributed by atoms with E-state index in [4.69, 9.17) is 56.8 Å². The van der Waals surface area contributed by atoms with Gasteiger partial charge in [-0.1, -0.05) is 86.2 Å². The molecule has 0 unspecified atom stereocenters. The molecule has 33 nitrogen and oxygen atoms in total. The third-order valence-corrected chi connectivity index (χ3v) is 12.9. The van der Waals surface area contributed by atoms with E-state index in [-0.39, 0.29) is 39.0 Å². The number of carbonyl (C=O) groups is 5. The third kappa shape index (κ3) is 16.7. The summed E-state index contributed by atoms with van der Waals surface area (Å²) in [6, 6.07) is 13.0. The van der Waals surface area contributed by atoms with Gasteiger partial charge in [-0.05, 0) is 58.0 Å². The molecule has 3 saturated heterocycles. The Labute approximate surface area is 455 Å². The molecule has 1 aliphatic carbocycles. The minimum Gasteiger partial charge on any atom is -0.463 e. The maximum Gasteiger partial charge on any atom is 0.410 e. The van der Waals surface area contributed by atoms with Crippen LogP contribution in [0, 0.1) is 0 Å². The van der Waals surface area contributed by atoms with E-state index in [9.17, 15) is 51.6 Å². The molecule has 0 N–H and O–H groups in total. The second-order valence-corrected chi connectivity index (χ2v) is 18.4. The summed E-state index contributed by atoms with van der Waals surface area (Å²) >= 11 is 0. The van der Waals surface area contributed by atoms with Gasteiger partial charge in [-0.3, -0.25) is 19.2 Å². The van der Waals surface area contributed by atoms with Crippen molar-refractivity contribution in [2.45, 2.75) is 164 Å². The van der Waals surface area contributed by atoms with Crippen molar-refractivity contribution in [3.63, 3.8) is 0 Å². The third-order valence-electron chi connectivity index (χ3n) is 12.9. The number of carbonyl (C=O) groups excluding carboxylic acids is 5. The number of esters is 4. The Balaban J connectivity index is 1.37. The van der Waals surface area contributed by atoms with Crippen LogP contribution in [0.4, 0.5) is 4.79 Å². The van der Waals surface area contributed by atoms with Gasteiger partial charge in [0.05, 0.1) is 49.5 Å². The molecule has 2 aromatic carbocycles. The molecule has 3 heterocycles. The summed E-state index contributed by atoms with van der Waals surface area (Å²) in [6.45, 7) is 2.99. The molecule has 0 radical (unpaired) electrons. The lowest BCUT2D eigenvalue weighted by atomic mass is 9.84. The highest BCUT2D eigenvalue weighted by Gasteiger charge is 2.58. The molecule has 33 heteroatoms. The van der Waals surface area contributed by atoms with Crippen LogP contribution in [0.2, 0.25) is 0 Å². The zero-order valence-corrected chi connectivity index (χ0v) is 43.8. The van der Waals surface area contributed by atoms with Crippen LogP contribution in [0.15, 0.2) is 86.2 Å². The highest BCUT2D eigenvalue weighted by Crippen LogP contribution is 2.40. The first-order chi connectivity index (χ1) is 38.6. The summed E-state index contributed by atoms with van der Waals surface area (Å²) in [4.78, 5) is 80.3. The number of hydrogen-bond acceptors (Lipinski definition) is 22. The number of methoxy groups -OCH3 is 1. The van der Waals surface area contributed by atoms with Gasteiger partial charge in [0.25, 0.3) is 0 Å². The van der Waals surface area contributed by atoms with Gasteiger partial charge in [0.1, 0.15) is 43.7 Å². The monoisotopic (exact) mass is 1120 g/mol. The minimum absolute atomic E-state index is 0.0263. The van der Waals surface area contributed by atoms with Crippen LogP contribution in [0.25, 0.3) is 52.2 Å². The molecular weight excluding hydrogens is 1060 g/mol. The highest BCUT2D eigenvalue weighted by atomic mass is 16.8. The van der Waals surface area contributed by atoms with E-state index >= 15 is 0 Å². The molecule has 428 valence electrons. The second kappa shape index (κ2) is 30.3. The van der Waals surface area contributed by atoms with Crippen molar-refractivity contribution in [1.29, 1.82) is 0 Å². The molecule has 80 heavy (non-hydrogen) atoms. The van der Waals surface area contributed by atoms with Crippen LogP contribution >= 0.6 is 0 Å². The van der Waals surface area contributed by atoms with E-state index in [0.29, 0.717) is 0 Å². The van der Waals surface area contributed by atoms with Crippen LogP contribution in [0.1, 0.15) is 58.1 Å². The van der Waals surface area contributed by atoms with Crippen LogP contribution in [-0.4, -0.2) is 166 Å². The lowest BCUT2D eigenvalue weighted by Gasteiger charge is -2.46. The van der Waals surface area contributed by atoms with E-state index in [2.05, 4.69) is 50.1 Å². The van der Waals surface area contributed by atoms with Gasteiger partial charge >= 0.3 is 30.0 Å². The smallest absolute Gasteiger partial charge is 0.410 e. The molecule has 3 aliphatic heterocycles. The first kappa shape index (κ1) is 61.1. The molecule has 4 aliphatic rings. The summed E-state index contributed by atoms with van der Waals surface area (Å²) in [5.74, 6) is -3.59. The molecule has 4 fully saturated rings. The average Bonchev–Trinajstić information content (AvgIpc) is 3.82. The van der Waals surface area contributed by atoms with Gasteiger partial charge in [0.2, 0.25) is 0 Å². The molecule has 1 saturated carbocycles. The molecule has 17 atom stereocenters. The Morgan fingerprint density at radius 1 is 0.562 bits per heavy atom. The Kier molecular flexibility index (Phi) is 23.1. The number of hydrogen-bond donors (Lipinski definition) is 0. The standard InChI is InChI=1S/C47H58N16O17/c1-24(64)70-23-35-40(79-45-36(57-62-52)41(73-26(3)66)39(72-25(2)65)34(76-45)19-53-58-48)43(74-27(4)67)46(77-35)80-42-37(69-5)32(55-60-50)18-33(56-61-51)38(42)78-44-31(54-59-49)17-16-30(75-44)21-63(20-28-12-8-6-9-13-28)47(68)71-22-29-14-10-7-11-15-29/h6-15,30-46H,16-23H2,1-5H3/t30-,31+,32+,33-,34-,35+,36+,37-,38+,39+,40+,41+,42+,43+,44+,45+,46-/m0/s1. The fourth-order valence-corrected chi connectivity index (χ4v) is 9.64. The first-order valence-electron chi connectivity index (χ1n) is 24.9. The average molecular weight is 1120 g/mol. The van der Waals surface area contributed by atoms with Crippen molar-refractivity contribution < 1.29 is 80.8 Å². The van der Waals surface area contributed by atoms with Gasteiger partial charge in [0.15, 0.2) is 37.2 Å². The highest BCUT2D eigenvalue weighted by molar-refractivity contribution is 5.68. The molecule has 2 aromatic rings. The summed E-state index contributed by atoms with van der Waals surface area (Å²) in [5.41, 5.74) is 50.0. The number of rotatable bonds is 24. The van der Waals surface area contributed by atoms with E-state index in [1.54, 1.807) is 0 Å².